The summed E-state index contributed by atoms with van der Waals surface area (Å²) in [6.07, 6.45) is 6.05. The van der Waals surface area contributed by atoms with Gasteiger partial charge in [0.05, 0.1) is 0 Å². The second kappa shape index (κ2) is 8.78. The van der Waals surface area contributed by atoms with Crippen molar-refractivity contribution in [3.05, 3.63) is 0 Å². The average Bonchev–Trinajstić information content (AvgIpc) is 2.45. The number of nitrogens with zero attached hydrogens (tertiary/aromatic N) is 1. The summed E-state index contributed by atoms with van der Waals surface area (Å²) in [7, 11) is 0. The minimum atomic E-state index is -0.289. The Morgan fingerprint density at radius 3 is 1.40 bits per heavy atom. The smallest absolute Gasteiger partial charge is 0.223 e. The summed E-state index contributed by atoms with van der Waals surface area (Å²) < 4.78 is 0. The molecule has 6 heteroatoms. The van der Waals surface area contributed by atoms with Crippen molar-refractivity contribution in [3.8, 4) is 0 Å². The summed E-state index contributed by atoms with van der Waals surface area (Å²) in [5, 5.41) is 7.51. The van der Waals surface area contributed by atoms with Crippen LogP contribution in [0.3, 0.4) is 0 Å². The number of piperidine rings is 2. The molecule has 0 aromatic heterocycles. The van der Waals surface area contributed by atoms with Crippen LogP contribution in [0.4, 0.5) is 0 Å². The van der Waals surface area contributed by atoms with E-state index >= 15 is 0 Å². The van der Waals surface area contributed by atoms with E-state index in [9.17, 15) is 9.59 Å². The van der Waals surface area contributed by atoms with Gasteiger partial charge in [0, 0.05) is 47.1 Å². The number of rotatable bonds is 7. The molecular weight excluding hydrogens is 376 g/mol. The molecule has 0 aliphatic carbocycles. The van der Waals surface area contributed by atoms with Gasteiger partial charge in [-0.1, -0.05) is 0 Å². The van der Waals surface area contributed by atoms with E-state index in [0.717, 1.165) is 25.7 Å². The Bertz CT molecular complexity index is 569. The number of carbonyl (C=O) groups is 2. The Labute approximate surface area is 184 Å². The number of primary amides is 1. The number of hydrogen-bond donors (Lipinski definition) is 3. The van der Waals surface area contributed by atoms with Gasteiger partial charge < -0.3 is 21.3 Å². The van der Waals surface area contributed by atoms with Crippen LogP contribution in [0.5, 0.6) is 0 Å². The van der Waals surface area contributed by atoms with E-state index in [1.54, 1.807) is 0 Å². The minimum absolute atomic E-state index is 0.0190. The van der Waals surface area contributed by atoms with Gasteiger partial charge in [-0.25, -0.2) is 0 Å². The number of amides is 2. The maximum atomic E-state index is 13.6. The summed E-state index contributed by atoms with van der Waals surface area (Å²) >= 11 is 0. The van der Waals surface area contributed by atoms with E-state index in [4.69, 9.17) is 5.73 Å². The highest BCUT2D eigenvalue weighted by Gasteiger charge is 2.47. The van der Waals surface area contributed by atoms with E-state index in [2.05, 4.69) is 70.9 Å². The molecule has 0 aromatic carbocycles. The third-order valence-electron chi connectivity index (χ3n) is 6.48. The van der Waals surface area contributed by atoms with E-state index in [-0.39, 0.29) is 46.1 Å². The molecule has 2 rings (SSSR count). The molecule has 2 amide bonds. The Balaban J connectivity index is 2.28. The largest absolute Gasteiger partial charge is 0.370 e. The van der Waals surface area contributed by atoms with Crippen LogP contribution in [0, 0.1) is 0 Å². The summed E-state index contributed by atoms with van der Waals surface area (Å²) in [6.45, 7) is 17.9. The van der Waals surface area contributed by atoms with Crippen molar-refractivity contribution in [2.75, 3.05) is 0 Å². The van der Waals surface area contributed by atoms with Crippen LogP contribution in [0.1, 0.15) is 107 Å². The van der Waals surface area contributed by atoms with Crippen LogP contribution in [0.2, 0.25) is 0 Å². The highest BCUT2D eigenvalue weighted by molar-refractivity contribution is 5.77. The molecule has 6 nitrogen and oxygen atoms in total. The lowest BCUT2D eigenvalue weighted by Crippen LogP contribution is -2.67. The van der Waals surface area contributed by atoms with Crippen molar-refractivity contribution in [3.63, 3.8) is 0 Å². The maximum Gasteiger partial charge on any atom is 0.223 e. The first kappa shape index (κ1) is 25.1. The van der Waals surface area contributed by atoms with Gasteiger partial charge in [-0.2, -0.15) is 0 Å². The van der Waals surface area contributed by atoms with Crippen molar-refractivity contribution in [1.82, 2.24) is 15.5 Å². The molecule has 0 bridgehead atoms. The Morgan fingerprint density at radius 2 is 1.07 bits per heavy atom. The molecule has 4 N–H and O–H groups in total. The van der Waals surface area contributed by atoms with E-state index in [1.807, 2.05) is 0 Å². The standard InChI is InChI=1S/C24H46N4O2/c1-21(2)13-17(14-22(3,4)26-21)28(20(30)12-10-9-11-19(25)29)18-15-23(5,6)27-24(7,8)16-18/h17-18,26-27H,9-16H2,1-8H3,(H2,25,29). The van der Waals surface area contributed by atoms with E-state index in [1.165, 1.54) is 0 Å². The van der Waals surface area contributed by atoms with Crippen LogP contribution in [-0.2, 0) is 9.59 Å². The molecular formula is C24H46N4O2. The predicted octanol–water partition coefficient (Wildman–Crippen LogP) is 3.48. The van der Waals surface area contributed by atoms with Crippen molar-refractivity contribution in [2.45, 2.75) is 141 Å². The van der Waals surface area contributed by atoms with Crippen LogP contribution >= 0.6 is 0 Å². The fourth-order valence-electron chi connectivity index (χ4n) is 6.34. The molecule has 2 fully saturated rings. The van der Waals surface area contributed by atoms with Gasteiger partial charge in [0.2, 0.25) is 11.8 Å². The molecule has 0 aromatic rings. The third-order valence-corrected chi connectivity index (χ3v) is 6.48. The van der Waals surface area contributed by atoms with Crippen LogP contribution < -0.4 is 16.4 Å². The molecule has 2 aliphatic heterocycles. The lowest BCUT2D eigenvalue weighted by Gasteiger charge is -2.55. The monoisotopic (exact) mass is 422 g/mol. The topological polar surface area (TPSA) is 87.5 Å². The lowest BCUT2D eigenvalue weighted by molar-refractivity contribution is -0.141. The van der Waals surface area contributed by atoms with Gasteiger partial charge in [0.15, 0.2) is 0 Å². The first-order valence-corrected chi connectivity index (χ1v) is 11.7. The van der Waals surface area contributed by atoms with Gasteiger partial charge in [0.1, 0.15) is 0 Å². The lowest BCUT2D eigenvalue weighted by atomic mass is 9.75. The number of hydrogen-bond acceptors (Lipinski definition) is 4. The molecule has 0 spiro atoms. The van der Waals surface area contributed by atoms with Crippen LogP contribution in [0.15, 0.2) is 0 Å². The van der Waals surface area contributed by atoms with Gasteiger partial charge >= 0.3 is 0 Å². The number of nitrogens with two attached hydrogens (primary N) is 1. The fourth-order valence-corrected chi connectivity index (χ4v) is 6.34. The van der Waals surface area contributed by atoms with Crippen molar-refractivity contribution >= 4 is 11.8 Å². The quantitative estimate of drug-likeness (QED) is 0.548. The third kappa shape index (κ3) is 7.23. The van der Waals surface area contributed by atoms with Gasteiger partial charge in [-0.15, -0.1) is 0 Å². The zero-order valence-electron chi connectivity index (χ0n) is 20.7. The molecule has 0 saturated carbocycles. The fraction of sp³-hybridized carbons (Fsp3) is 0.917. The summed E-state index contributed by atoms with van der Waals surface area (Å²) in [6, 6.07) is 0.434. The Hall–Kier alpha value is -1.14. The Morgan fingerprint density at radius 1 is 0.733 bits per heavy atom. The summed E-state index contributed by atoms with van der Waals surface area (Å²) in [5.74, 6) is -0.0560. The van der Waals surface area contributed by atoms with Crippen LogP contribution in [-0.4, -0.2) is 51.0 Å². The number of nitrogens with one attached hydrogen (secondary N) is 2. The SMILES string of the molecule is CC1(C)CC(N(C(=O)CCCCC(N)=O)C2CC(C)(C)NC(C)(C)C2)CC(C)(C)N1. The van der Waals surface area contributed by atoms with E-state index in [0.29, 0.717) is 25.7 Å². The zero-order chi connectivity index (χ0) is 23.0. The van der Waals surface area contributed by atoms with Crippen molar-refractivity contribution in [2.24, 2.45) is 5.73 Å². The zero-order valence-corrected chi connectivity index (χ0v) is 20.7. The summed E-state index contributed by atoms with van der Waals surface area (Å²) in [5.41, 5.74) is 5.20. The molecule has 30 heavy (non-hydrogen) atoms. The normalized spacial score (nSPS) is 25.6. The number of unbranched alkanes of at least 4 members (excludes halogenated alkanes) is 1. The van der Waals surface area contributed by atoms with Crippen molar-refractivity contribution in [1.29, 1.82) is 0 Å². The number of carbonyl (C=O) groups excluding carboxylic acids is 2. The molecule has 2 saturated heterocycles. The van der Waals surface area contributed by atoms with Gasteiger partial charge in [0.25, 0.3) is 0 Å². The second-order valence-corrected chi connectivity index (χ2v) is 12.4. The minimum Gasteiger partial charge on any atom is -0.370 e. The van der Waals surface area contributed by atoms with Crippen molar-refractivity contribution < 1.29 is 9.59 Å². The maximum absolute atomic E-state index is 13.6. The van der Waals surface area contributed by atoms with E-state index < -0.39 is 0 Å². The second-order valence-electron chi connectivity index (χ2n) is 12.4. The molecule has 2 aliphatic rings. The molecule has 0 radical (unpaired) electrons. The van der Waals surface area contributed by atoms with Crippen LogP contribution in [0.25, 0.3) is 0 Å². The van der Waals surface area contributed by atoms with Gasteiger partial charge in [-0.05, 0) is 93.9 Å². The highest BCUT2D eigenvalue weighted by Crippen LogP contribution is 2.38. The molecule has 2 heterocycles. The molecule has 0 atom stereocenters. The van der Waals surface area contributed by atoms with Gasteiger partial charge in [-0.3, -0.25) is 9.59 Å². The predicted molar refractivity (Wildman–Crippen MR) is 123 cm³/mol. The average molecular weight is 423 g/mol. The summed E-state index contributed by atoms with van der Waals surface area (Å²) in [4.78, 5) is 26.9. The first-order chi connectivity index (χ1) is 13.5. The molecule has 0 unspecified atom stereocenters. The Kier molecular flexibility index (Phi) is 7.35. The first-order valence-electron chi connectivity index (χ1n) is 11.7. The highest BCUT2D eigenvalue weighted by atomic mass is 16.2. The molecule has 174 valence electrons.